The largest absolute Gasteiger partial charge is 0.493 e. The number of nitrogens with zero attached hydrogens (tertiary/aromatic N) is 1. The first-order valence-corrected chi connectivity index (χ1v) is 7.52. The van der Waals surface area contributed by atoms with Crippen LogP contribution in [-0.4, -0.2) is 37.0 Å². The number of benzene rings is 1. The molecule has 0 aromatic heterocycles. The first-order valence-electron chi connectivity index (χ1n) is 7.52. The molecule has 2 aliphatic rings. The zero-order chi connectivity index (χ0) is 13.9. The third kappa shape index (κ3) is 2.80. The van der Waals surface area contributed by atoms with Gasteiger partial charge in [0.25, 0.3) is 0 Å². The first-order chi connectivity index (χ1) is 9.74. The smallest absolute Gasteiger partial charge is 0.122 e. The van der Waals surface area contributed by atoms with Gasteiger partial charge in [-0.2, -0.15) is 0 Å². The van der Waals surface area contributed by atoms with Gasteiger partial charge in [0.15, 0.2) is 0 Å². The van der Waals surface area contributed by atoms with Crippen molar-refractivity contribution in [2.45, 2.75) is 25.2 Å². The zero-order valence-corrected chi connectivity index (χ0v) is 11.8. The van der Waals surface area contributed by atoms with Crippen LogP contribution in [0, 0.1) is 11.3 Å². The summed E-state index contributed by atoms with van der Waals surface area (Å²) in [6.45, 7) is 3.94. The molecular formula is C16H23N3O. The molecule has 2 heterocycles. The van der Waals surface area contributed by atoms with Gasteiger partial charge in [-0.1, -0.05) is 18.2 Å². The Morgan fingerprint density at radius 1 is 1.35 bits per heavy atom. The van der Waals surface area contributed by atoms with Crippen LogP contribution in [0.4, 0.5) is 0 Å². The molecule has 2 atom stereocenters. The Morgan fingerprint density at radius 3 is 3.05 bits per heavy atom. The summed E-state index contributed by atoms with van der Waals surface area (Å²) in [7, 11) is 0. The Bertz CT molecular complexity index is 488. The highest BCUT2D eigenvalue weighted by atomic mass is 16.5. The van der Waals surface area contributed by atoms with E-state index in [9.17, 15) is 0 Å². The van der Waals surface area contributed by atoms with Crippen LogP contribution in [0.5, 0.6) is 5.75 Å². The topological polar surface area (TPSA) is 62.3 Å². The highest BCUT2D eigenvalue weighted by molar-refractivity contribution is 5.79. The fourth-order valence-electron chi connectivity index (χ4n) is 3.39. The van der Waals surface area contributed by atoms with E-state index >= 15 is 0 Å². The second-order valence-corrected chi connectivity index (χ2v) is 5.93. The summed E-state index contributed by atoms with van der Waals surface area (Å²) < 4.78 is 5.73. The Balaban J connectivity index is 1.68. The van der Waals surface area contributed by atoms with E-state index in [1.54, 1.807) is 0 Å². The summed E-state index contributed by atoms with van der Waals surface area (Å²) in [5.74, 6) is 2.19. The van der Waals surface area contributed by atoms with Crippen LogP contribution in [-0.2, 0) is 0 Å². The minimum absolute atomic E-state index is 0.249. The lowest BCUT2D eigenvalue weighted by Gasteiger charge is -2.36. The van der Waals surface area contributed by atoms with Gasteiger partial charge < -0.3 is 15.4 Å². The predicted molar refractivity (Wildman–Crippen MR) is 80.4 cm³/mol. The van der Waals surface area contributed by atoms with Crippen molar-refractivity contribution in [3.05, 3.63) is 29.8 Å². The van der Waals surface area contributed by atoms with E-state index in [4.69, 9.17) is 15.9 Å². The van der Waals surface area contributed by atoms with E-state index in [0.29, 0.717) is 11.8 Å². The SMILES string of the molecule is N=C(N)C1CCCN(CC2CCOc3ccccc32)C1. The van der Waals surface area contributed by atoms with Crippen LogP contribution in [0.25, 0.3) is 0 Å². The van der Waals surface area contributed by atoms with Gasteiger partial charge in [0.2, 0.25) is 0 Å². The lowest BCUT2D eigenvalue weighted by Crippen LogP contribution is -2.42. The Kier molecular flexibility index (Phi) is 3.92. The van der Waals surface area contributed by atoms with Gasteiger partial charge >= 0.3 is 0 Å². The number of likely N-dealkylation sites (tertiary alicyclic amines) is 1. The van der Waals surface area contributed by atoms with Crippen molar-refractivity contribution in [2.24, 2.45) is 11.7 Å². The molecule has 0 bridgehead atoms. The monoisotopic (exact) mass is 273 g/mol. The van der Waals surface area contributed by atoms with Gasteiger partial charge in [-0.25, -0.2) is 0 Å². The summed E-state index contributed by atoms with van der Waals surface area (Å²) in [5, 5.41) is 7.65. The number of fused-ring (bicyclic) bond motifs is 1. The average Bonchev–Trinajstić information content (AvgIpc) is 2.48. The van der Waals surface area contributed by atoms with Gasteiger partial charge in [-0.3, -0.25) is 5.41 Å². The van der Waals surface area contributed by atoms with E-state index in [2.05, 4.69) is 23.1 Å². The van der Waals surface area contributed by atoms with Gasteiger partial charge in [0.05, 0.1) is 12.4 Å². The maximum Gasteiger partial charge on any atom is 0.122 e. The predicted octanol–water partition coefficient (Wildman–Crippen LogP) is 2.20. The highest BCUT2D eigenvalue weighted by Crippen LogP contribution is 2.34. The van der Waals surface area contributed by atoms with Crippen LogP contribution < -0.4 is 10.5 Å². The minimum Gasteiger partial charge on any atom is -0.493 e. The molecular weight excluding hydrogens is 250 g/mol. The molecule has 4 nitrogen and oxygen atoms in total. The number of nitrogens with two attached hydrogens (primary N) is 1. The number of hydrogen-bond acceptors (Lipinski definition) is 3. The Labute approximate surface area is 120 Å². The fraction of sp³-hybridized carbons (Fsp3) is 0.562. The van der Waals surface area contributed by atoms with E-state index in [1.807, 2.05) is 6.07 Å². The molecule has 0 amide bonds. The quantitative estimate of drug-likeness (QED) is 0.655. The average molecular weight is 273 g/mol. The van der Waals surface area contributed by atoms with Gasteiger partial charge in [-0.05, 0) is 37.4 Å². The molecule has 1 fully saturated rings. The van der Waals surface area contributed by atoms with Crippen molar-refractivity contribution in [3.8, 4) is 5.75 Å². The van der Waals surface area contributed by atoms with E-state index in [0.717, 1.165) is 51.3 Å². The molecule has 0 aliphatic carbocycles. The molecule has 4 heteroatoms. The van der Waals surface area contributed by atoms with Crippen LogP contribution in [0.1, 0.15) is 30.7 Å². The summed E-state index contributed by atoms with van der Waals surface area (Å²) in [4.78, 5) is 2.47. The number of amidine groups is 1. The second-order valence-electron chi connectivity index (χ2n) is 5.93. The number of hydrogen-bond donors (Lipinski definition) is 2. The lowest BCUT2D eigenvalue weighted by molar-refractivity contribution is 0.172. The third-order valence-electron chi connectivity index (χ3n) is 4.51. The van der Waals surface area contributed by atoms with Crippen LogP contribution in [0.3, 0.4) is 0 Å². The fourth-order valence-corrected chi connectivity index (χ4v) is 3.39. The molecule has 0 saturated carbocycles. The van der Waals surface area contributed by atoms with E-state index in [-0.39, 0.29) is 5.92 Å². The van der Waals surface area contributed by atoms with Gasteiger partial charge in [-0.15, -0.1) is 0 Å². The normalized spacial score (nSPS) is 26.6. The van der Waals surface area contributed by atoms with Crippen molar-refractivity contribution in [2.75, 3.05) is 26.2 Å². The number of ether oxygens (including phenoxy) is 1. The molecule has 3 rings (SSSR count). The summed E-state index contributed by atoms with van der Waals surface area (Å²) in [6.07, 6.45) is 3.30. The van der Waals surface area contributed by atoms with Crippen molar-refractivity contribution in [3.63, 3.8) is 0 Å². The Hall–Kier alpha value is -1.55. The molecule has 2 unspecified atom stereocenters. The van der Waals surface area contributed by atoms with E-state index in [1.165, 1.54) is 5.56 Å². The highest BCUT2D eigenvalue weighted by Gasteiger charge is 2.27. The second kappa shape index (κ2) is 5.83. The van der Waals surface area contributed by atoms with Crippen LogP contribution in [0.15, 0.2) is 24.3 Å². The summed E-state index contributed by atoms with van der Waals surface area (Å²) in [6, 6.07) is 8.38. The van der Waals surface area contributed by atoms with Crippen LogP contribution >= 0.6 is 0 Å². The minimum atomic E-state index is 0.249. The maximum atomic E-state index is 7.65. The van der Waals surface area contributed by atoms with Gasteiger partial charge in [0, 0.05) is 24.9 Å². The van der Waals surface area contributed by atoms with Crippen molar-refractivity contribution >= 4 is 5.84 Å². The van der Waals surface area contributed by atoms with Crippen molar-refractivity contribution < 1.29 is 4.74 Å². The number of piperidine rings is 1. The number of para-hydroxylation sites is 1. The molecule has 0 radical (unpaired) electrons. The molecule has 1 aromatic rings. The molecule has 2 aliphatic heterocycles. The number of rotatable bonds is 3. The Morgan fingerprint density at radius 2 is 2.20 bits per heavy atom. The van der Waals surface area contributed by atoms with E-state index < -0.39 is 0 Å². The molecule has 20 heavy (non-hydrogen) atoms. The van der Waals surface area contributed by atoms with Crippen molar-refractivity contribution in [1.29, 1.82) is 5.41 Å². The molecule has 0 spiro atoms. The first kappa shape index (κ1) is 13.4. The van der Waals surface area contributed by atoms with Crippen LogP contribution in [0.2, 0.25) is 0 Å². The lowest BCUT2D eigenvalue weighted by atomic mass is 9.90. The molecule has 108 valence electrons. The molecule has 1 saturated heterocycles. The third-order valence-corrected chi connectivity index (χ3v) is 4.51. The summed E-state index contributed by atoms with van der Waals surface area (Å²) >= 11 is 0. The standard InChI is InChI=1S/C16H23N3O/c17-16(18)13-4-3-8-19(11-13)10-12-7-9-20-15-6-2-1-5-14(12)15/h1-2,5-6,12-13H,3-4,7-11H2,(H3,17,18). The number of nitrogens with one attached hydrogen (secondary N) is 1. The van der Waals surface area contributed by atoms with Gasteiger partial charge in [0.1, 0.15) is 5.75 Å². The maximum absolute atomic E-state index is 7.65. The zero-order valence-electron chi connectivity index (χ0n) is 11.8. The van der Waals surface area contributed by atoms with Crippen molar-refractivity contribution in [1.82, 2.24) is 4.90 Å². The summed E-state index contributed by atoms with van der Waals surface area (Å²) in [5.41, 5.74) is 7.01. The molecule has 3 N–H and O–H groups in total. The molecule has 1 aromatic carbocycles.